The van der Waals surface area contributed by atoms with Crippen LogP contribution in [-0.4, -0.2) is 46.3 Å². The summed E-state index contributed by atoms with van der Waals surface area (Å²) in [6, 6.07) is 7.12. The monoisotopic (exact) mass is 467 g/mol. The molecule has 1 N–H and O–H groups in total. The van der Waals surface area contributed by atoms with Gasteiger partial charge >= 0.3 is 6.09 Å². The molecule has 2 aromatic rings. The van der Waals surface area contributed by atoms with Crippen LogP contribution in [0.15, 0.2) is 24.5 Å². The first kappa shape index (κ1) is 21.8. The van der Waals surface area contributed by atoms with Crippen LogP contribution in [0.3, 0.4) is 0 Å². The molecule has 0 spiro atoms. The van der Waals surface area contributed by atoms with Gasteiger partial charge in [0.1, 0.15) is 17.7 Å². The van der Waals surface area contributed by atoms with Gasteiger partial charge < -0.3 is 19.7 Å². The number of halogens is 1. The zero-order valence-corrected chi connectivity index (χ0v) is 19.5. The summed E-state index contributed by atoms with van der Waals surface area (Å²) in [6.07, 6.45) is 5.14. The number of fused-ring (bicyclic) bond motifs is 1. The minimum atomic E-state index is -0.240. The zero-order chi connectivity index (χ0) is 23.2. The molecule has 2 aliphatic carbocycles. The molecule has 2 saturated carbocycles. The molecule has 172 valence electrons. The molecule has 3 aliphatic rings. The van der Waals surface area contributed by atoms with E-state index in [2.05, 4.69) is 21.4 Å². The normalized spacial score (nSPS) is 24.3. The van der Waals surface area contributed by atoms with E-state index in [9.17, 15) is 4.79 Å². The van der Waals surface area contributed by atoms with Gasteiger partial charge in [-0.3, -0.25) is 0 Å². The first-order valence-corrected chi connectivity index (χ1v) is 11.6. The van der Waals surface area contributed by atoms with Crippen LogP contribution in [0.1, 0.15) is 43.7 Å². The number of nitrogens with zero attached hydrogens (tertiary/aromatic N) is 4. The Hall–Kier alpha value is -3.05. The van der Waals surface area contributed by atoms with Crippen molar-refractivity contribution in [1.29, 1.82) is 5.26 Å². The lowest BCUT2D eigenvalue weighted by atomic mass is 9.96. The molecule has 5 rings (SSSR count). The van der Waals surface area contributed by atoms with E-state index in [4.69, 9.17) is 26.3 Å². The Kier molecular flexibility index (Phi) is 5.32. The highest BCUT2D eigenvalue weighted by atomic mass is 35.5. The average molecular weight is 468 g/mol. The summed E-state index contributed by atoms with van der Waals surface area (Å²) in [7, 11) is 0. The molecule has 1 aromatic carbocycles. The number of hydrogen-bond donors (Lipinski definition) is 1. The summed E-state index contributed by atoms with van der Waals surface area (Å²) in [5.41, 5.74) is 1.79. The number of nitrogens with one attached hydrogen (secondary N) is 1. The number of piperidine rings is 1. The summed E-state index contributed by atoms with van der Waals surface area (Å²) in [5.74, 6) is 1.56. The molecule has 2 heterocycles. The number of carbonyl (C=O) groups is 1. The molecule has 0 radical (unpaired) electrons. The minimum Gasteiger partial charge on any atom is -0.477 e. The first-order chi connectivity index (χ1) is 15.8. The molecule has 0 unspecified atom stereocenters. The van der Waals surface area contributed by atoms with Crippen LogP contribution >= 0.6 is 11.6 Å². The summed E-state index contributed by atoms with van der Waals surface area (Å²) in [5, 5.41) is 12.7. The van der Waals surface area contributed by atoms with Crippen molar-refractivity contribution in [2.45, 2.75) is 45.1 Å². The van der Waals surface area contributed by atoms with E-state index in [-0.39, 0.29) is 17.1 Å². The summed E-state index contributed by atoms with van der Waals surface area (Å²) in [6.45, 7) is 5.88. The van der Waals surface area contributed by atoms with E-state index in [0.29, 0.717) is 47.0 Å². The molecular formula is C24H26ClN5O3. The maximum Gasteiger partial charge on any atom is 0.410 e. The fourth-order valence-corrected chi connectivity index (χ4v) is 4.64. The minimum absolute atomic E-state index is 0.0989. The standard InChI is InChI=1S/C24H26ClN5O3/c1-15-20(29-19-4-3-16(11-26)9-18(19)25)27-14-28-21(15)32-13-24-7-8-30(12-17(24)10-24)22(31)33-23(2)5-6-23/h3-4,9,14,17H,5-8,10,12-13H2,1-2H3,(H,27,28,29)/t17-,24-/m0/s1. The molecule has 3 fully saturated rings. The van der Waals surface area contributed by atoms with Crippen LogP contribution in [0, 0.1) is 29.6 Å². The van der Waals surface area contributed by atoms with Crippen molar-refractivity contribution >= 4 is 29.2 Å². The van der Waals surface area contributed by atoms with E-state index < -0.39 is 0 Å². The van der Waals surface area contributed by atoms with Crippen LogP contribution in [0.25, 0.3) is 0 Å². The fraction of sp³-hybridized carbons (Fsp3) is 0.500. The van der Waals surface area contributed by atoms with Gasteiger partial charge in [0, 0.05) is 18.5 Å². The Morgan fingerprint density at radius 1 is 1.36 bits per heavy atom. The van der Waals surface area contributed by atoms with Gasteiger partial charge in [0.15, 0.2) is 0 Å². The SMILES string of the molecule is Cc1c(Nc2ccc(C#N)cc2Cl)ncnc1OC[C@@]12CCN(C(=O)OC3(C)CC3)C[C@@H]1C2. The molecule has 1 aromatic heterocycles. The van der Waals surface area contributed by atoms with E-state index in [1.807, 2.05) is 18.7 Å². The van der Waals surface area contributed by atoms with Crippen molar-refractivity contribution in [2.75, 3.05) is 25.0 Å². The van der Waals surface area contributed by atoms with E-state index in [1.165, 1.54) is 6.33 Å². The molecule has 9 heteroatoms. The van der Waals surface area contributed by atoms with Gasteiger partial charge in [0.25, 0.3) is 0 Å². The third kappa shape index (κ3) is 4.42. The Morgan fingerprint density at radius 2 is 2.18 bits per heavy atom. The van der Waals surface area contributed by atoms with Gasteiger partial charge in [-0.1, -0.05) is 11.6 Å². The van der Waals surface area contributed by atoms with Gasteiger partial charge in [0.2, 0.25) is 5.88 Å². The smallest absolute Gasteiger partial charge is 0.410 e. The molecule has 33 heavy (non-hydrogen) atoms. The zero-order valence-electron chi connectivity index (χ0n) is 18.7. The number of benzene rings is 1. The average Bonchev–Trinajstić information content (AvgIpc) is 3.71. The molecular weight excluding hydrogens is 442 g/mol. The number of ether oxygens (including phenoxy) is 2. The van der Waals surface area contributed by atoms with Gasteiger partial charge in [-0.25, -0.2) is 14.8 Å². The van der Waals surface area contributed by atoms with Gasteiger partial charge in [-0.2, -0.15) is 5.26 Å². The second kappa shape index (κ2) is 8.07. The number of nitriles is 1. The molecule has 1 amide bonds. The third-order valence-corrected chi connectivity index (χ3v) is 7.42. The highest BCUT2D eigenvalue weighted by molar-refractivity contribution is 6.33. The summed E-state index contributed by atoms with van der Waals surface area (Å²) < 4.78 is 11.8. The maximum atomic E-state index is 12.4. The third-order valence-electron chi connectivity index (χ3n) is 7.11. The molecule has 1 aliphatic heterocycles. The Balaban J connectivity index is 1.19. The number of likely N-dealkylation sites (tertiary alicyclic amines) is 1. The number of rotatable bonds is 6. The lowest BCUT2D eigenvalue weighted by Gasteiger charge is -2.31. The van der Waals surface area contributed by atoms with Crippen molar-refractivity contribution in [2.24, 2.45) is 11.3 Å². The van der Waals surface area contributed by atoms with Crippen molar-refractivity contribution < 1.29 is 14.3 Å². The number of aromatic nitrogens is 2. The van der Waals surface area contributed by atoms with Crippen molar-refractivity contribution in [3.8, 4) is 11.9 Å². The van der Waals surface area contributed by atoms with E-state index in [1.54, 1.807) is 18.2 Å². The fourth-order valence-electron chi connectivity index (χ4n) is 4.41. The van der Waals surface area contributed by atoms with Gasteiger partial charge in [-0.15, -0.1) is 0 Å². The Labute approximate surface area is 197 Å². The van der Waals surface area contributed by atoms with Crippen LogP contribution in [0.4, 0.5) is 16.3 Å². The lowest BCUT2D eigenvalue weighted by Crippen LogP contribution is -2.42. The Bertz CT molecular complexity index is 1150. The topological polar surface area (TPSA) is 100 Å². The van der Waals surface area contributed by atoms with Crippen LogP contribution in [0.5, 0.6) is 5.88 Å². The number of hydrogen-bond acceptors (Lipinski definition) is 7. The molecule has 1 saturated heterocycles. The quantitative estimate of drug-likeness (QED) is 0.649. The van der Waals surface area contributed by atoms with Crippen LogP contribution in [0.2, 0.25) is 5.02 Å². The number of carbonyl (C=O) groups excluding carboxylic acids is 1. The maximum absolute atomic E-state index is 12.4. The highest BCUT2D eigenvalue weighted by Crippen LogP contribution is 2.58. The van der Waals surface area contributed by atoms with Crippen LogP contribution < -0.4 is 10.1 Å². The van der Waals surface area contributed by atoms with Crippen LogP contribution in [-0.2, 0) is 4.74 Å². The van der Waals surface area contributed by atoms with E-state index >= 15 is 0 Å². The molecule has 0 bridgehead atoms. The second-order valence-electron chi connectivity index (χ2n) is 9.65. The van der Waals surface area contributed by atoms with Crippen molar-refractivity contribution in [3.05, 3.63) is 40.7 Å². The highest BCUT2D eigenvalue weighted by Gasteiger charge is 2.58. The van der Waals surface area contributed by atoms with Crippen molar-refractivity contribution in [1.82, 2.24) is 14.9 Å². The van der Waals surface area contributed by atoms with Gasteiger partial charge in [0.05, 0.1) is 34.5 Å². The predicted octanol–water partition coefficient (Wildman–Crippen LogP) is 4.83. The van der Waals surface area contributed by atoms with E-state index in [0.717, 1.165) is 37.8 Å². The van der Waals surface area contributed by atoms with Gasteiger partial charge in [-0.05, 0) is 63.6 Å². The Morgan fingerprint density at radius 3 is 2.88 bits per heavy atom. The summed E-state index contributed by atoms with van der Waals surface area (Å²) in [4.78, 5) is 22.9. The molecule has 2 atom stereocenters. The molecule has 8 nitrogen and oxygen atoms in total. The van der Waals surface area contributed by atoms with Crippen molar-refractivity contribution in [3.63, 3.8) is 0 Å². The second-order valence-corrected chi connectivity index (χ2v) is 10.1. The summed E-state index contributed by atoms with van der Waals surface area (Å²) >= 11 is 6.28. The predicted molar refractivity (Wildman–Crippen MR) is 123 cm³/mol. The number of amides is 1. The number of anilines is 2. The largest absolute Gasteiger partial charge is 0.477 e. The first-order valence-electron chi connectivity index (χ1n) is 11.2. The lowest BCUT2D eigenvalue weighted by molar-refractivity contribution is 0.0439.